The van der Waals surface area contributed by atoms with Gasteiger partial charge in [-0.1, -0.05) is 37.3 Å². The van der Waals surface area contributed by atoms with Crippen molar-refractivity contribution in [3.05, 3.63) is 35.9 Å². The SMILES string of the molecule is CC(C(=O)N1CCC(C)(C(=O)O)C1)C(N)c1ccccc1. The van der Waals surface area contributed by atoms with Crippen LogP contribution >= 0.6 is 0 Å². The van der Waals surface area contributed by atoms with Gasteiger partial charge in [-0.2, -0.15) is 0 Å². The number of hydrogen-bond donors (Lipinski definition) is 2. The molecule has 2 rings (SSSR count). The number of benzene rings is 1. The van der Waals surface area contributed by atoms with Crippen LogP contribution in [0.25, 0.3) is 0 Å². The fourth-order valence-electron chi connectivity index (χ4n) is 2.73. The minimum atomic E-state index is -0.849. The lowest BCUT2D eigenvalue weighted by Crippen LogP contribution is -2.40. The van der Waals surface area contributed by atoms with Crippen molar-refractivity contribution in [1.29, 1.82) is 0 Å². The van der Waals surface area contributed by atoms with Crippen LogP contribution < -0.4 is 5.73 Å². The smallest absolute Gasteiger partial charge is 0.311 e. The third-order valence-corrected chi connectivity index (χ3v) is 4.41. The molecular formula is C16H22N2O3. The summed E-state index contributed by atoms with van der Waals surface area (Å²) in [6.07, 6.45) is 0.487. The quantitative estimate of drug-likeness (QED) is 0.883. The first kappa shape index (κ1) is 15.5. The summed E-state index contributed by atoms with van der Waals surface area (Å²) in [7, 11) is 0. The van der Waals surface area contributed by atoms with E-state index in [1.54, 1.807) is 18.7 Å². The van der Waals surface area contributed by atoms with Crippen molar-refractivity contribution in [2.45, 2.75) is 26.3 Å². The Morgan fingerprint density at radius 3 is 2.48 bits per heavy atom. The Morgan fingerprint density at radius 2 is 1.95 bits per heavy atom. The molecule has 1 amide bonds. The maximum atomic E-state index is 12.5. The average molecular weight is 290 g/mol. The summed E-state index contributed by atoms with van der Waals surface area (Å²) in [5.74, 6) is -1.29. The van der Waals surface area contributed by atoms with Gasteiger partial charge in [0.1, 0.15) is 0 Å². The van der Waals surface area contributed by atoms with Crippen LogP contribution in [0.3, 0.4) is 0 Å². The van der Waals surface area contributed by atoms with Crippen molar-refractivity contribution in [2.24, 2.45) is 17.1 Å². The second-order valence-electron chi connectivity index (χ2n) is 6.10. The molecule has 0 radical (unpaired) electrons. The van der Waals surface area contributed by atoms with E-state index in [9.17, 15) is 14.7 Å². The van der Waals surface area contributed by atoms with E-state index in [1.165, 1.54) is 0 Å². The summed E-state index contributed by atoms with van der Waals surface area (Å²) in [4.78, 5) is 25.4. The largest absolute Gasteiger partial charge is 0.481 e. The molecule has 5 nitrogen and oxygen atoms in total. The lowest BCUT2D eigenvalue weighted by Gasteiger charge is -2.26. The molecule has 0 aliphatic carbocycles. The van der Waals surface area contributed by atoms with E-state index in [4.69, 9.17) is 5.73 Å². The van der Waals surface area contributed by atoms with Gasteiger partial charge in [-0.15, -0.1) is 0 Å². The molecule has 114 valence electrons. The van der Waals surface area contributed by atoms with Gasteiger partial charge in [0.05, 0.1) is 11.3 Å². The van der Waals surface area contributed by atoms with Crippen molar-refractivity contribution in [3.8, 4) is 0 Å². The predicted octanol–water partition coefficient (Wildman–Crippen LogP) is 1.65. The molecular weight excluding hydrogens is 268 g/mol. The van der Waals surface area contributed by atoms with Crippen LogP contribution in [0, 0.1) is 11.3 Å². The van der Waals surface area contributed by atoms with Gasteiger partial charge in [-0.3, -0.25) is 9.59 Å². The maximum absolute atomic E-state index is 12.5. The molecule has 1 heterocycles. The first-order chi connectivity index (χ1) is 9.85. The first-order valence-corrected chi connectivity index (χ1v) is 7.18. The van der Waals surface area contributed by atoms with Gasteiger partial charge >= 0.3 is 5.97 Å². The van der Waals surface area contributed by atoms with Crippen LogP contribution in [0.4, 0.5) is 0 Å². The molecule has 1 aliphatic rings. The molecule has 1 aromatic carbocycles. The van der Waals surface area contributed by atoms with E-state index >= 15 is 0 Å². The highest BCUT2D eigenvalue weighted by molar-refractivity contribution is 5.82. The van der Waals surface area contributed by atoms with Crippen LogP contribution in [0.15, 0.2) is 30.3 Å². The lowest BCUT2D eigenvalue weighted by molar-refractivity contribution is -0.147. The zero-order chi connectivity index (χ0) is 15.6. The summed E-state index contributed by atoms with van der Waals surface area (Å²) < 4.78 is 0. The van der Waals surface area contributed by atoms with Gasteiger partial charge in [-0.25, -0.2) is 0 Å². The summed E-state index contributed by atoms with van der Waals surface area (Å²) in [6, 6.07) is 9.12. The number of likely N-dealkylation sites (tertiary alicyclic amines) is 1. The second-order valence-corrected chi connectivity index (χ2v) is 6.10. The number of nitrogens with two attached hydrogens (primary N) is 1. The summed E-state index contributed by atoms with van der Waals surface area (Å²) >= 11 is 0. The van der Waals surface area contributed by atoms with E-state index in [1.807, 2.05) is 30.3 Å². The van der Waals surface area contributed by atoms with Crippen molar-refractivity contribution < 1.29 is 14.7 Å². The third kappa shape index (κ3) is 3.08. The Labute approximate surface area is 124 Å². The van der Waals surface area contributed by atoms with Crippen LogP contribution in [0.2, 0.25) is 0 Å². The maximum Gasteiger partial charge on any atom is 0.311 e. The van der Waals surface area contributed by atoms with E-state index in [2.05, 4.69) is 0 Å². The van der Waals surface area contributed by atoms with Gasteiger partial charge < -0.3 is 15.7 Å². The number of carboxylic acids is 1. The molecule has 1 aliphatic heterocycles. The Hall–Kier alpha value is -1.88. The Bertz CT molecular complexity index is 532. The van der Waals surface area contributed by atoms with Gasteiger partial charge in [0, 0.05) is 19.1 Å². The zero-order valence-corrected chi connectivity index (χ0v) is 12.5. The molecule has 5 heteroatoms. The standard InChI is InChI=1S/C16H22N2O3/c1-11(13(17)12-6-4-3-5-7-12)14(19)18-9-8-16(2,10-18)15(20)21/h3-7,11,13H,8-10,17H2,1-2H3,(H,20,21). The molecule has 3 N–H and O–H groups in total. The topological polar surface area (TPSA) is 83.6 Å². The predicted molar refractivity (Wildman–Crippen MR) is 79.5 cm³/mol. The number of hydrogen-bond acceptors (Lipinski definition) is 3. The molecule has 3 unspecified atom stereocenters. The van der Waals surface area contributed by atoms with E-state index in [-0.39, 0.29) is 24.4 Å². The fourth-order valence-corrected chi connectivity index (χ4v) is 2.73. The molecule has 0 spiro atoms. The van der Waals surface area contributed by atoms with E-state index in [0.29, 0.717) is 13.0 Å². The minimum Gasteiger partial charge on any atom is -0.481 e. The second kappa shape index (κ2) is 5.85. The number of carbonyl (C=O) groups excluding carboxylic acids is 1. The molecule has 0 bridgehead atoms. The third-order valence-electron chi connectivity index (χ3n) is 4.41. The Balaban J connectivity index is 2.05. The molecule has 0 saturated carbocycles. The molecule has 1 fully saturated rings. The highest BCUT2D eigenvalue weighted by Gasteiger charge is 2.43. The number of amides is 1. The average Bonchev–Trinajstić information content (AvgIpc) is 2.90. The Morgan fingerprint density at radius 1 is 1.33 bits per heavy atom. The van der Waals surface area contributed by atoms with Crippen molar-refractivity contribution in [3.63, 3.8) is 0 Å². The number of aliphatic carboxylic acids is 1. The minimum absolute atomic E-state index is 0.0728. The normalized spacial score (nSPS) is 24.6. The van der Waals surface area contributed by atoms with Gasteiger partial charge in [0.15, 0.2) is 0 Å². The zero-order valence-electron chi connectivity index (χ0n) is 12.5. The fraction of sp³-hybridized carbons (Fsp3) is 0.500. The first-order valence-electron chi connectivity index (χ1n) is 7.18. The van der Waals surface area contributed by atoms with Crippen molar-refractivity contribution in [2.75, 3.05) is 13.1 Å². The van der Waals surface area contributed by atoms with Crippen LogP contribution in [0.1, 0.15) is 31.9 Å². The highest BCUT2D eigenvalue weighted by Crippen LogP contribution is 2.32. The van der Waals surface area contributed by atoms with Crippen molar-refractivity contribution >= 4 is 11.9 Å². The molecule has 3 atom stereocenters. The van der Waals surface area contributed by atoms with E-state index in [0.717, 1.165) is 5.56 Å². The van der Waals surface area contributed by atoms with E-state index < -0.39 is 11.4 Å². The number of carbonyl (C=O) groups is 2. The van der Waals surface area contributed by atoms with Crippen LogP contribution in [-0.2, 0) is 9.59 Å². The van der Waals surface area contributed by atoms with Gasteiger partial charge in [0.2, 0.25) is 5.91 Å². The highest BCUT2D eigenvalue weighted by atomic mass is 16.4. The van der Waals surface area contributed by atoms with Crippen molar-refractivity contribution in [1.82, 2.24) is 4.90 Å². The van der Waals surface area contributed by atoms with Gasteiger partial charge in [-0.05, 0) is 18.9 Å². The Kier molecular flexibility index (Phi) is 4.32. The molecule has 1 aromatic rings. The molecule has 21 heavy (non-hydrogen) atoms. The monoisotopic (exact) mass is 290 g/mol. The van der Waals surface area contributed by atoms with Crippen LogP contribution in [-0.4, -0.2) is 35.0 Å². The molecule has 1 saturated heterocycles. The summed E-state index contributed by atoms with van der Waals surface area (Å²) in [5.41, 5.74) is 6.24. The lowest BCUT2D eigenvalue weighted by atomic mass is 9.90. The summed E-state index contributed by atoms with van der Waals surface area (Å²) in [5, 5.41) is 9.24. The molecule has 0 aromatic heterocycles. The number of nitrogens with zero attached hydrogens (tertiary/aromatic N) is 1. The summed E-state index contributed by atoms with van der Waals surface area (Å²) in [6.45, 7) is 4.22. The number of rotatable bonds is 4. The number of carboxylic acid groups (broad SMARTS) is 1. The van der Waals surface area contributed by atoms with Crippen LogP contribution in [0.5, 0.6) is 0 Å². The van der Waals surface area contributed by atoms with Gasteiger partial charge in [0.25, 0.3) is 0 Å².